The van der Waals surface area contributed by atoms with E-state index in [1.807, 2.05) is 6.33 Å². The van der Waals surface area contributed by atoms with Crippen LogP contribution >= 0.6 is 0 Å². The molecular weight excluding hydrogens is 302 g/mol. The van der Waals surface area contributed by atoms with Crippen molar-refractivity contribution in [3.05, 3.63) is 18.2 Å². The molecule has 0 aliphatic carbocycles. The van der Waals surface area contributed by atoms with Gasteiger partial charge in [-0.2, -0.15) is 17.0 Å². The summed E-state index contributed by atoms with van der Waals surface area (Å²) in [5.74, 6) is 0. The zero-order chi connectivity index (χ0) is 16.3. The lowest BCUT2D eigenvalue weighted by Gasteiger charge is -2.35. The van der Waals surface area contributed by atoms with Crippen LogP contribution < -0.4 is 0 Å². The normalized spacial score (nSPS) is 19.8. The quantitative estimate of drug-likeness (QED) is 0.742. The van der Waals surface area contributed by atoms with Crippen LogP contribution in [0.1, 0.15) is 32.0 Å². The summed E-state index contributed by atoms with van der Waals surface area (Å²) < 4.78 is 29.8. The predicted octanol–water partition coefficient (Wildman–Crippen LogP) is 0.778. The average Bonchev–Trinajstić information content (AvgIpc) is 2.96. The third-order valence-electron chi connectivity index (χ3n) is 4.35. The Morgan fingerprint density at radius 1 is 1.32 bits per heavy atom. The van der Waals surface area contributed by atoms with Crippen molar-refractivity contribution in [3.8, 4) is 0 Å². The molecule has 22 heavy (non-hydrogen) atoms. The van der Waals surface area contributed by atoms with Crippen molar-refractivity contribution in [1.82, 2.24) is 23.1 Å². The van der Waals surface area contributed by atoms with Crippen LogP contribution in [0.3, 0.4) is 0 Å². The molecule has 0 radical (unpaired) electrons. The van der Waals surface area contributed by atoms with Crippen LogP contribution in [0.15, 0.2) is 12.5 Å². The number of nitrogens with zero attached hydrogens (tertiary/aromatic N) is 5. The first-order valence-corrected chi connectivity index (χ1v) is 9.20. The van der Waals surface area contributed by atoms with Crippen LogP contribution in [0.4, 0.5) is 0 Å². The van der Waals surface area contributed by atoms with E-state index in [4.69, 9.17) is 0 Å². The molecule has 126 valence electrons. The van der Waals surface area contributed by atoms with Crippen molar-refractivity contribution >= 4 is 10.2 Å². The van der Waals surface area contributed by atoms with Crippen LogP contribution in [0.5, 0.6) is 0 Å². The van der Waals surface area contributed by atoms with Gasteiger partial charge in [0.15, 0.2) is 0 Å². The molecule has 2 rings (SSSR count). The molecule has 2 heterocycles. The minimum atomic E-state index is -3.39. The van der Waals surface area contributed by atoms with Gasteiger partial charge in [-0.15, -0.1) is 0 Å². The van der Waals surface area contributed by atoms with Crippen molar-refractivity contribution in [2.24, 2.45) is 0 Å². The number of hydrogen-bond acceptors (Lipinski definition) is 4. The van der Waals surface area contributed by atoms with Gasteiger partial charge in [-0.25, -0.2) is 4.98 Å². The lowest BCUT2D eigenvalue weighted by molar-refractivity contribution is 0.224. The Labute approximate surface area is 133 Å². The van der Waals surface area contributed by atoms with E-state index in [2.05, 4.69) is 28.3 Å². The fraction of sp³-hybridized carbons (Fsp3) is 0.786. The maximum Gasteiger partial charge on any atom is 0.281 e. The standard InChI is InChI=1S/C14H27N5O2S/c1-5-17(6-2)8-7-13-10-18(22(20,21)16(3)4)11-14-9-15-12-19(13)14/h9,12-13H,5-8,10-11H2,1-4H3/t13-/m1/s1. The summed E-state index contributed by atoms with van der Waals surface area (Å²) in [4.78, 5) is 6.55. The fourth-order valence-corrected chi connectivity index (χ4v) is 3.98. The molecule has 1 atom stereocenters. The topological polar surface area (TPSA) is 61.7 Å². The summed E-state index contributed by atoms with van der Waals surface area (Å²) in [6.45, 7) is 8.18. The Hall–Kier alpha value is -0.960. The van der Waals surface area contributed by atoms with Crippen molar-refractivity contribution in [1.29, 1.82) is 0 Å². The highest BCUT2D eigenvalue weighted by Crippen LogP contribution is 2.26. The molecule has 0 bridgehead atoms. The van der Waals surface area contributed by atoms with E-state index in [-0.39, 0.29) is 6.04 Å². The Balaban J connectivity index is 2.16. The predicted molar refractivity (Wildman–Crippen MR) is 86.7 cm³/mol. The van der Waals surface area contributed by atoms with Gasteiger partial charge in [-0.1, -0.05) is 13.8 Å². The molecule has 1 aromatic heterocycles. The van der Waals surface area contributed by atoms with Gasteiger partial charge in [0.1, 0.15) is 0 Å². The summed E-state index contributed by atoms with van der Waals surface area (Å²) in [7, 11) is -0.240. The molecule has 0 amide bonds. The van der Waals surface area contributed by atoms with Crippen molar-refractivity contribution in [2.75, 3.05) is 40.3 Å². The second-order valence-electron chi connectivity index (χ2n) is 5.84. The molecule has 0 fully saturated rings. The average molecular weight is 329 g/mol. The fourth-order valence-electron chi connectivity index (χ4n) is 2.86. The molecule has 1 aliphatic heterocycles. The van der Waals surface area contributed by atoms with E-state index in [1.165, 1.54) is 4.31 Å². The van der Waals surface area contributed by atoms with Gasteiger partial charge >= 0.3 is 0 Å². The molecule has 0 unspecified atom stereocenters. The summed E-state index contributed by atoms with van der Waals surface area (Å²) in [6.07, 6.45) is 4.51. The van der Waals surface area contributed by atoms with E-state index >= 15 is 0 Å². The summed E-state index contributed by atoms with van der Waals surface area (Å²) >= 11 is 0. The largest absolute Gasteiger partial charge is 0.329 e. The summed E-state index contributed by atoms with van der Waals surface area (Å²) in [5, 5.41) is 0. The highest BCUT2D eigenvalue weighted by molar-refractivity contribution is 7.86. The third-order valence-corrected chi connectivity index (χ3v) is 6.21. The molecule has 8 heteroatoms. The molecule has 7 nitrogen and oxygen atoms in total. The summed E-state index contributed by atoms with van der Waals surface area (Å²) in [6, 6.07) is 0.140. The van der Waals surface area contributed by atoms with Crippen LogP contribution in [0, 0.1) is 0 Å². The van der Waals surface area contributed by atoms with Gasteiger partial charge in [0.2, 0.25) is 0 Å². The van der Waals surface area contributed by atoms with Crippen LogP contribution in [0.25, 0.3) is 0 Å². The minimum absolute atomic E-state index is 0.140. The van der Waals surface area contributed by atoms with Crippen LogP contribution in [-0.2, 0) is 16.8 Å². The molecular formula is C14H27N5O2S. The van der Waals surface area contributed by atoms with E-state index in [0.717, 1.165) is 31.7 Å². The smallest absolute Gasteiger partial charge is 0.281 e. The van der Waals surface area contributed by atoms with Crippen molar-refractivity contribution in [3.63, 3.8) is 0 Å². The van der Waals surface area contributed by atoms with Gasteiger partial charge in [-0.3, -0.25) is 0 Å². The first kappa shape index (κ1) is 17.4. The zero-order valence-corrected chi connectivity index (χ0v) is 14.8. The highest BCUT2D eigenvalue weighted by atomic mass is 32.2. The first-order valence-electron chi connectivity index (χ1n) is 7.80. The lowest BCUT2D eigenvalue weighted by Crippen LogP contribution is -2.46. The van der Waals surface area contributed by atoms with Gasteiger partial charge in [0.05, 0.1) is 18.6 Å². The molecule has 0 aromatic carbocycles. The Morgan fingerprint density at radius 3 is 2.59 bits per heavy atom. The SMILES string of the molecule is CCN(CC)CC[C@@H]1CN(S(=O)(=O)N(C)C)Cc2cncn21. The van der Waals surface area contributed by atoms with Gasteiger partial charge in [0.25, 0.3) is 10.2 Å². The third kappa shape index (κ3) is 3.51. The molecule has 0 N–H and O–H groups in total. The lowest BCUT2D eigenvalue weighted by atomic mass is 10.1. The number of fused-ring (bicyclic) bond motifs is 1. The number of rotatable bonds is 7. The molecule has 0 saturated carbocycles. The number of aromatic nitrogens is 2. The Morgan fingerprint density at radius 2 is 2.00 bits per heavy atom. The molecule has 1 aromatic rings. The van der Waals surface area contributed by atoms with Crippen molar-refractivity contribution < 1.29 is 8.42 Å². The molecule has 0 saturated heterocycles. The highest BCUT2D eigenvalue weighted by Gasteiger charge is 2.33. The number of imidazole rings is 1. The van der Waals surface area contributed by atoms with Crippen LogP contribution in [0.2, 0.25) is 0 Å². The number of hydrogen-bond donors (Lipinski definition) is 0. The van der Waals surface area contributed by atoms with Crippen LogP contribution in [-0.4, -0.2) is 71.8 Å². The summed E-state index contributed by atoms with van der Waals surface area (Å²) in [5.41, 5.74) is 0.959. The first-order chi connectivity index (χ1) is 10.4. The van der Waals surface area contributed by atoms with E-state index in [1.54, 1.807) is 24.6 Å². The second kappa shape index (κ2) is 7.08. The molecule has 1 aliphatic rings. The van der Waals surface area contributed by atoms with Gasteiger partial charge in [-0.05, 0) is 19.5 Å². The monoisotopic (exact) mass is 329 g/mol. The Bertz CT molecular complexity index is 580. The second-order valence-corrected chi connectivity index (χ2v) is 7.99. The van der Waals surface area contributed by atoms with Crippen molar-refractivity contribution in [2.45, 2.75) is 32.9 Å². The minimum Gasteiger partial charge on any atom is -0.329 e. The maximum atomic E-state index is 12.4. The maximum absolute atomic E-state index is 12.4. The van der Waals surface area contributed by atoms with Gasteiger partial charge in [0, 0.05) is 39.4 Å². The van der Waals surface area contributed by atoms with Gasteiger partial charge < -0.3 is 9.47 Å². The van der Waals surface area contributed by atoms with E-state index < -0.39 is 10.2 Å². The van der Waals surface area contributed by atoms with E-state index in [0.29, 0.717) is 13.1 Å². The van der Waals surface area contributed by atoms with E-state index in [9.17, 15) is 8.42 Å². The molecule has 0 spiro atoms. The zero-order valence-electron chi connectivity index (χ0n) is 13.9. The Kier molecular flexibility index (Phi) is 5.60.